The molecule has 0 aromatic heterocycles. The molecule has 1 amide bonds. The zero-order valence-electron chi connectivity index (χ0n) is 7.92. The van der Waals surface area contributed by atoms with Gasteiger partial charge in [0.1, 0.15) is 0 Å². The van der Waals surface area contributed by atoms with Gasteiger partial charge in [-0.15, -0.1) is 0 Å². The molecule has 0 radical (unpaired) electrons. The quantitative estimate of drug-likeness (QED) is 0.616. The summed E-state index contributed by atoms with van der Waals surface area (Å²) in [6.07, 6.45) is 1.29. The van der Waals surface area contributed by atoms with E-state index in [4.69, 9.17) is 0 Å². The molecule has 3 heteroatoms. The minimum Gasteiger partial charge on any atom is -0.391 e. The van der Waals surface area contributed by atoms with Gasteiger partial charge in [-0.05, 0) is 26.3 Å². The molecule has 0 saturated heterocycles. The highest BCUT2D eigenvalue weighted by Gasteiger charge is 2.26. The van der Waals surface area contributed by atoms with Crippen LogP contribution in [0.25, 0.3) is 0 Å². The number of aliphatic hydroxyl groups excluding tert-OH is 1. The van der Waals surface area contributed by atoms with Crippen molar-refractivity contribution in [3.8, 4) is 0 Å². The summed E-state index contributed by atoms with van der Waals surface area (Å²) in [7, 11) is 0. The molecule has 1 atom stereocenters. The lowest BCUT2D eigenvalue weighted by atomic mass is 9.95. The first-order valence-electron chi connectivity index (χ1n) is 4.06. The predicted molar refractivity (Wildman–Crippen MR) is 48.7 cm³/mol. The maximum Gasteiger partial charge on any atom is 0.243 e. The zero-order valence-corrected chi connectivity index (χ0v) is 7.92. The molecule has 2 N–H and O–H groups in total. The van der Waals surface area contributed by atoms with Crippen molar-refractivity contribution >= 4 is 5.91 Å². The molecule has 0 bridgehead atoms. The van der Waals surface area contributed by atoms with E-state index in [0.717, 1.165) is 0 Å². The number of carbonyl (C=O) groups excluding carboxylic acids is 1. The highest BCUT2D eigenvalue weighted by atomic mass is 16.3. The van der Waals surface area contributed by atoms with Crippen molar-refractivity contribution < 1.29 is 9.90 Å². The van der Waals surface area contributed by atoms with Crippen LogP contribution in [0.4, 0.5) is 0 Å². The molecule has 12 heavy (non-hydrogen) atoms. The first-order chi connectivity index (χ1) is 5.44. The van der Waals surface area contributed by atoms with Crippen molar-refractivity contribution in [2.24, 2.45) is 0 Å². The largest absolute Gasteiger partial charge is 0.391 e. The Morgan fingerprint density at radius 3 is 2.58 bits per heavy atom. The third kappa shape index (κ3) is 3.05. The third-order valence-corrected chi connectivity index (χ3v) is 1.85. The van der Waals surface area contributed by atoms with E-state index in [1.165, 1.54) is 6.08 Å². The summed E-state index contributed by atoms with van der Waals surface area (Å²) < 4.78 is 0. The predicted octanol–water partition coefficient (Wildman–Crippen LogP) is 0.838. The normalized spacial score (nSPS) is 13.7. The Hall–Kier alpha value is -0.830. The van der Waals surface area contributed by atoms with Crippen molar-refractivity contribution in [3.63, 3.8) is 0 Å². The molecular formula is C9H17NO2. The van der Waals surface area contributed by atoms with Gasteiger partial charge in [-0.2, -0.15) is 0 Å². The van der Waals surface area contributed by atoms with Crippen LogP contribution in [0.5, 0.6) is 0 Å². The molecule has 0 aromatic carbocycles. The number of rotatable bonds is 4. The van der Waals surface area contributed by atoms with E-state index in [9.17, 15) is 9.90 Å². The van der Waals surface area contributed by atoms with E-state index >= 15 is 0 Å². The van der Waals surface area contributed by atoms with E-state index in [-0.39, 0.29) is 5.91 Å². The van der Waals surface area contributed by atoms with Crippen LogP contribution in [0.1, 0.15) is 27.2 Å². The van der Waals surface area contributed by atoms with Gasteiger partial charge in [-0.3, -0.25) is 4.79 Å². The van der Waals surface area contributed by atoms with Crippen LogP contribution < -0.4 is 5.32 Å². The van der Waals surface area contributed by atoms with E-state index in [2.05, 4.69) is 11.9 Å². The lowest BCUT2D eigenvalue weighted by Gasteiger charge is -2.30. The summed E-state index contributed by atoms with van der Waals surface area (Å²) in [5, 5.41) is 12.1. The second-order valence-corrected chi connectivity index (χ2v) is 3.34. The molecule has 0 heterocycles. The number of aliphatic hydroxyl groups is 1. The van der Waals surface area contributed by atoms with Crippen molar-refractivity contribution in [1.82, 2.24) is 5.32 Å². The topological polar surface area (TPSA) is 49.3 Å². The van der Waals surface area contributed by atoms with Crippen LogP contribution >= 0.6 is 0 Å². The summed E-state index contributed by atoms with van der Waals surface area (Å²) in [5.74, 6) is -0.257. The van der Waals surface area contributed by atoms with Crippen LogP contribution in [0.15, 0.2) is 12.7 Å². The summed E-state index contributed by atoms with van der Waals surface area (Å²) in [4.78, 5) is 10.9. The molecule has 1 unspecified atom stereocenters. The molecule has 0 aliphatic heterocycles. The van der Waals surface area contributed by atoms with Gasteiger partial charge in [0.25, 0.3) is 0 Å². The minimum atomic E-state index is -0.583. The Morgan fingerprint density at radius 1 is 1.75 bits per heavy atom. The lowest BCUT2D eigenvalue weighted by molar-refractivity contribution is -0.119. The lowest BCUT2D eigenvalue weighted by Crippen LogP contribution is -2.51. The Kier molecular flexibility index (Phi) is 3.96. The van der Waals surface area contributed by atoms with E-state index in [1.807, 2.05) is 6.92 Å². The van der Waals surface area contributed by atoms with Crippen molar-refractivity contribution in [1.29, 1.82) is 0 Å². The van der Waals surface area contributed by atoms with Crippen molar-refractivity contribution in [2.75, 3.05) is 0 Å². The Balaban J connectivity index is 4.20. The fraction of sp³-hybridized carbons (Fsp3) is 0.667. The molecule has 0 saturated carbocycles. The van der Waals surface area contributed by atoms with Gasteiger partial charge in [-0.25, -0.2) is 0 Å². The molecule has 0 spiro atoms. The van der Waals surface area contributed by atoms with Gasteiger partial charge in [0, 0.05) is 0 Å². The van der Waals surface area contributed by atoms with Gasteiger partial charge in [0.05, 0.1) is 11.6 Å². The highest BCUT2D eigenvalue weighted by Crippen LogP contribution is 2.11. The van der Waals surface area contributed by atoms with Gasteiger partial charge in [-0.1, -0.05) is 13.5 Å². The van der Waals surface area contributed by atoms with Crippen molar-refractivity contribution in [2.45, 2.75) is 38.8 Å². The van der Waals surface area contributed by atoms with E-state index < -0.39 is 11.6 Å². The summed E-state index contributed by atoms with van der Waals surface area (Å²) in [6.45, 7) is 8.76. The third-order valence-electron chi connectivity index (χ3n) is 1.85. The molecule has 0 fully saturated rings. The zero-order chi connectivity index (χ0) is 9.78. The van der Waals surface area contributed by atoms with E-state index in [1.54, 1.807) is 13.8 Å². The fourth-order valence-corrected chi connectivity index (χ4v) is 0.962. The number of nitrogens with one attached hydrogen (secondary N) is 1. The standard InChI is InChI=1S/C9H17NO2/c1-5-7(11)9(3,4)10-8(12)6-2/h6-7,11H,2,5H2,1,3-4H3,(H,10,12). The van der Waals surface area contributed by atoms with Crippen LogP contribution in [0.3, 0.4) is 0 Å². The maximum atomic E-state index is 10.9. The Bertz CT molecular complexity index is 175. The van der Waals surface area contributed by atoms with Crippen molar-refractivity contribution in [3.05, 3.63) is 12.7 Å². The van der Waals surface area contributed by atoms with E-state index in [0.29, 0.717) is 6.42 Å². The van der Waals surface area contributed by atoms with Gasteiger partial charge in [0.2, 0.25) is 5.91 Å². The number of carbonyl (C=O) groups is 1. The molecule has 0 aliphatic carbocycles. The summed E-state index contributed by atoms with van der Waals surface area (Å²) >= 11 is 0. The molecule has 0 aromatic rings. The average molecular weight is 171 g/mol. The smallest absolute Gasteiger partial charge is 0.243 e. The number of hydrogen-bond donors (Lipinski definition) is 2. The van der Waals surface area contributed by atoms with Crippen LogP contribution in [-0.4, -0.2) is 22.7 Å². The molecule has 3 nitrogen and oxygen atoms in total. The Labute approximate surface area is 73.5 Å². The van der Waals surface area contributed by atoms with Crippen LogP contribution in [-0.2, 0) is 4.79 Å². The van der Waals surface area contributed by atoms with Gasteiger partial charge >= 0.3 is 0 Å². The summed E-state index contributed by atoms with van der Waals surface area (Å²) in [6, 6.07) is 0. The van der Waals surface area contributed by atoms with Crippen LogP contribution in [0.2, 0.25) is 0 Å². The summed E-state index contributed by atoms with van der Waals surface area (Å²) in [5.41, 5.74) is -0.583. The monoisotopic (exact) mass is 171 g/mol. The maximum absolute atomic E-state index is 10.9. The first kappa shape index (κ1) is 11.2. The molecule has 70 valence electrons. The molecule has 0 aliphatic rings. The fourth-order valence-electron chi connectivity index (χ4n) is 0.962. The first-order valence-corrected chi connectivity index (χ1v) is 4.06. The number of hydrogen-bond acceptors (Lipinski definition) is 2. The Morgan fingerprint density at radius 2 is 2.25 bits per heavy atom. The van der Waals surface area contributed by atoms with Gasteiger partial charge < -0.3 is 10.4 Å². The minimum absolute atomic E-state index is 0.257. The molecule has 0 rings (SSSR count). The second kappa shape index (κ2) is 4.26. The molecular weight excluding hydrogens is 154 g/mol. The second-order valence-electron chi connectivity index (χ2n) is 3.34. The van der Waals surface area contributed by atoms with Gasteiger partial charge in [0.15, 0.2) is 0 Å². The SMILES string of the molecule is C=CC(=O)NC(C)(C)C(O)CC. The number of amides is 1. The van der Waals surface area contributed by atoms with Crippen LogP contribution in [0, 0.1) is 0 Å². The average Bonchev–Trinajstić information content (AvgIpc) is 2.02. The highest BCUT2D eigenvalue weighted by molar-refractivity contribution is 5.87.